The van der Waals surface area contributed by atoms with Gasteiger partial charge in [-0.05, 0) is 24.3 Å². The van der Waals surface area contributed by atoms with Crippen molar-refractivity contribution in [1.29, 1.82) is 0 Å². The van der Waals surface area contributed by atoms with Crippen LogP contribution in [0, 0.1) is 0 Å². The molecule has 1 amide bonds. The third-order valence-electron chi connectivity index (χ3n) is 3.61. The van der Waals surface area contributed by atoms with E-state index in [0.717, 1.165) is 11.3 Å². The first-order valence-electron chi connectivity index (χ1n) is 7.58. The standard InChI is InChI=1S/C18H13N5O2/c24-18(16-10-17(25-22-16)13-4-2-1-3-5-13)21-14-6-8-15(9-7-14)23-12-19-11-20-23/h1-12H,(H,21,24). The van der Waals surface area contributed by atoms with Crippen molar-refractivity contribution in [3.8, 4) is 17.0 Å². The van der Waals surface area contributed by atoms with Crippen molar-refractivity contribution in [1.82, 2.24) is 19.9 Å². The molecule has 0 bridgehead atoms. The molecule has 2 heterocycles. The highest BCUT2D eigenvalue weighted by atomic mass is 16.5. The lowest BCUT2D eigenvalue weighted by Gasteiger charge is -2.04. The third-order valence-corrected chi connectivity index (χ3v) is 3.61. The van der Waals surface area contributed by atoms with E-state index in [2.05, 4.69) is 20.6 Å². The van der Waals surface area contributed by atoms with Crippen LogP contribution in [-0.2, 0) is 0 Å². The number of carbonyl (C=O) groups excluding carboxylic acids is 1. The first-order chi connectivity index (χ1) is 12.3. The van der Waals surface area contributed by atoms with E-state index >= 15 is 0 Å². The van der Waals surface area contributed by atoms with Crippen molar-refractivity contribution in [2.45, 2.75) is 0 Å². The predicted octanol–water partition coefficient (Wildman–Crippen LogP) is 3.17. The highest BCUT2D eigenvalue weighted by Crippen LogP contribution is 2.20. The maximum atomic E-state index is 12.3. The van der Waals surface area contributed by atoms with Crippen LogP contribution in [0.3, 0.4) is 0 Å². The minimum absolute atomic E-state index is 0.221. The van der Waals surface area contributed by atoms with Crippen LogP contribution in [0.5, 0.6) is 0 Å². The molecule has 0 aliphatic heterocycles. The van der Waals surface area contributed by atoms with Gasteiger partial charge in [0.25, 0.3) is 5.91 Å². The summed E-state index contributed by atoms with van der Waals surface area (Å²) in [4.78, 5) is 16.2. The molecule has 122 valence electrons. The molecular weight excluding hydrogens is 318 g/mol. The first-order valence-corrected chi connectivity index (χ1v) is 7.58. The number of hydrogen-bond donors (Lipinski definition) is 1. The molecule has 7 nitrogen and oxygen atoms in total. The van der Waals surface area contributed by atoms with E-state index in [-0.39, 0.29) is 11.6 Å². The van der Waals surface area contributed by atoms with Gasteiger partial charge in [0.05, 0.1) is 5.69 Å². The van der Waals surface area contributed by atoms with Crippen molar-refractivity contribution in [3.63, 3.8) is 0 Å². The van der Waals surface area contributed by atoms with Crippen LogP contribution in [0.15, 0.2) is 77.8 Å². The van der Waals surface area contributed by atoms with Crippen molar-refractivity contribution >= 4 is 11.6 Å². The topological polar surface area (TPSA) is 85.8 Å². The molecule has 2 aromatic heterocycles. The van der Waals surface area contributed by atoms with E-state index in [9.17, 15) is 4.79 Å². The predicted molar refractivity (Wildman–Crippen MR) is 91.3 cm³/mol. The fourth-order valence-corrected chi connectivity index (χ4v) is 2.35. The monoisotopic (exact) mass is 331 g/mol. The second-order valence-corrected chi connectivity index (χ2v) is 5.28. The molecule has 0 aliphatic rings. The summed E-state index contributed by atoms with van der Waals surface area (Å²) in [6, 6.07) is 18.4. The summed E-state index contributed by atoms with van der Waals surface area (Å²) in [7, 11) is 0. The number of hydrogen-bond acceptors (Lipinski definition) is 5. The summed E-state index contributed by atoms with van der Waals surface area (Å²) in [5.74, 6) is 0.215. The summed E-state index contributed by atoms with van der Waals surface area (Å²) >= 11 is 0. The van der Waals surface area contributed by atoms with Gasteiger partial charge in [-0.3, -0.25) is 4.79 Å². The lowest BCUT2D eigenvalue weighted by atomic mass is 10.1. The molecule has 0 fully saturated rings. The van der Waals surface area contributed by atoms with Crippen LogP contribution in [0.1, 0.15) is 10.5 Å². The molecule has 25 heavy (non-hydrogen) atoms. The van der Waals surface area contributed by atoms with Gasteiger partial charge in [0.2, 0.25) is 0 Å². The van der Waals surface area contributed by atoms with Gasteiger partial charge in [0.1, 0.15) is 12.7 Å². The highest BCUT2D eigenvalue weighted by molar-refractivity contribution is 6.03. The van der Waals surface area contributed by atoms with Crippen LogP contribution >= 0.6 is 0 Å². The van der Waals surface area contributed by atoms with Crippen LogP contribution in [-0.4, -0.2) is 25.8 Å². The summed E-state index contributed by atoms with van der Waals surface area (Å²) in [6.45, 7) is 0. The summed E-state index contributed by atoms with van der Waals surface area (Å²) < 4.78 is 6.88. The number of rotatable bonds is 4. The van der Waals surface area contributed by atoms with E-state index in [4.69, 9.17) is 4.52 Å². The van der Waals surface area contributed by atoms with Crippen LogP contribution in [0.2, 0.25) is 0 Å². The number of benzene rings is 2. The van der Waals surface area contributed by atoms with E-state index in [1.54, 1.807) is 29.2 Å². The Morgan fingerprint density at radius 2 is 1.84 bits per heavy atom. The molecule has 0 saturated carbocycles. The van der Waals surface area contributed by atoms with Crippen molar-refractivity contribution in [3.05, 3.63) is 79.0 Å². The smallest absolute Gasteiger partial charge is 0.277 e. The molecular formula is C18H13N5O2. The zero-order valence-electron chi connectivity index (χ0n) is 13.0. The van der Waals surface area contributed by atoms with Gasteiger partial charge in [-0.25, -0.2) is 9.67 Å². The van der Waals surface area contributed by atoms with Gasteiger partial charge in [-0.2, -0.15) is 5.10 Å². The fraction of sp³-hybridized carbons (Fsp3) is 0. The number of amides is 1. The van der Waals surface area contributed by atoms with Gasteiger partial charge in [-0.1, -0.05) is 35.5 Å². The van der Waals surface area contributed by atoms with Gasteiger partial charge in [-0.15, -0.1) is 0 Å². The minimum Gasteiger partial charge on any atom is -0.355 e. The van der Waals surface area contributed by atoms with Crippen LogP contribution in [0.4, 0.5) is 5.69 Å². The third kappa shape index (κ3) is 3.16. The van der Waals surface area contributed by atoms with Gasteiger partial charge in [0.15, 0.2) is 11.5 Å². The van der Waals surface area contributed by atoms with Crippen molar-refractivity contribution < 1.29 is 9.32 Å². The molecule has 0 spiro atoms. The number of anilines is 1. The molecule has 0 unspecified atom stereocenters. The fourth-order valence-electron chi connectivity index (χ4n) is 2.35. The maximum Gasteiger partial charge on any atom is 0.277 e. The second kappa shape index (κ2) is 6.40. The Morgan fingerprint density at radius 1 is 1.04 bits per heavy atom. The van der Waals surface area contributed by atoms with Crippen LogP contribution < -0.4 is 5.32 Å². The quantitative estimate of drug-likeness (QED) is 0.621. The molecule has 0 atom stereocenters. The number of nitrogens with one attached hydrogen (secondary N) is 1. The summed E-state index contributed by atoms with van der Waals surface area (Å²) in [5, 5.41) is 10.7. The molecule has 0 radical (unpaired) electrons. The van der Waals surface area contributed by atoms with Crippen molar-refractivity contribution in [2.24, 2.45) is 0 Å². The molecule has 7 heteroatoms. The van der Waals surface area contributed by atoms with Gasteiger partial charge >= 0.3 is 0 Å². The Bertz CT molecular complexity index is 976. The first kappa shape index (κ1) is 14.8. The normalized spacial score (nSPS) is 10.6. The summed E-state index contributed by atoms with van der Waals surface area (Å²) in [6.07, 6.45) is 3.07. The maximum absolute atomic E-state index is 12.3. The van der Waals surface area contributed by atoms with E-state index in [1.165, 1.54) is 6.33 Å². The SMILES string of the molecule is O=C(Nc1ccc(-n2cncn2)cc1)c1cc(-c2ccccc2)on1. The molecule has 0 saturated heterocycles. The zero-order chi connectivity index (χ0) is 17.1. The van der Waals surface area contributed by atoms with E-state index in [1.807, 2.05) is 42.5 Å². The van der Waals surface area contributed by atoms with E-state index in [0.29, 0.717) is 11.4 Å². The van der Waals surface area contributed by atoms with Gasteiger partial charge in [0, 0.05) is 17.3 Å². The lowest BCUT2D eigenvalue weighted by molar-refractivity contribution is 0.101. The molecule has 0 aliphatic carbocycles. The molecule has 2 aromatic carbocycles. The Kier molecular flexibility index (Phi) is 3.80. The molecule has 1 N–H and O–H groups in total. The second-order valence-electron chi connectivity index (χ2n) is 5.28. The van der Waals surface area contributed by atoms with Crippen LogP contribution in [0.25, 0.3) is 17.0 Å². The average molecular weight is 331 g/mol. The number of carbonyl (C=O) groups is 1. The number of aromatic nitrogens is 4. The van der Waals surface area contributed by atoms with Crippen molar-refractivity contribution in [2.75, 3.05) is 5.32 Å². The molecule has 4 aromatic rings. The Labute approximate surface area is 142 Å². The van der Waals surface area contributed by atoms with E-state index < -0.39 is 0 Å². The minimum atomic E-state index is -0.334. The lowest BCUT2D eigenvalue weighted by Crippen LogP contribution is -2.12. The zero-order valence-corrected chi connectivity index (χ0v) is 13.0. The Balaban J connectivity index is 1.48. The average Bonchev–Trinajstić information content (AvgIpc) is 3.35. The largest absolute Gasteiger partial charge is 0.355 e. The summed E-state index contributed by atoms with van der Waals surface area (Å²) in [5.41, 5.74) is 2.59. The highest BCUT2D eigenvalue weighted by Gasteiger charge is 2.13. The Morgan fingerprint density at radius 3 is 2.56 bits per heavy atom. The van der Waals surface area contributed by atoms with Gasteiger partial charge < -0.3 is 9.84 Å². The molecule has 4 rings (SSSR count). The Hall–Kier alpha value is -3.74. The number of nitrogens with zero attached hydrogens (tertiary/aromatic N) is 4.